The van der Waals surface area contributed by atoms with Crippen LogP contribution in [0.1, 0.15) is 19.5 Å². The van der Waals surface area contributed by atoms with Crippen molar-refractivity contribution in [2.24, 2.45) is 5.92 Å². The Labute approximate surface area is 166 Å². The second-order valence-electron chi connectivity index (χ2n) is 7.01. The predicted molar refractivity (Wildman–Crippen MR) is 108 cm³/mol. The molecule has 150 valence electrons. The molecule has 0 bridgehead atoms. The van der Waals surface area contributed by atoms with E-state index >= 15 is 0 Å². The van der Waals surface area contributed by atoms with E-state index in [2.05, 4.69) is 20.8 Å². The molecule has 0 saturated carbocycles. The number of rotatable bonds is 6. The van der Waals surface area contributed by atoms with Gasteiger partial charge in [0.25, 0.3) is 5.56 Å². The number of hydrogen-bond acceptors (Lipinski definition) is 4. The molecule has 0 fully saturated rings. The first-order valence-corrected chi connectivity index (χ1v) is 9.17. The third-order valence-corrected chi connectivity index (χ3v) is 4.46. The lowest BCUT2D eigenvalue weighted by atomic mass is 10.0. The molecule has 0 aliphatic carbocycles. The molecule has 1 atom stereocenters. The lowest BCUT2D eigenvalue weighted by Gasteiger charge is -2.22. The van der Waals surface area contributed by atoms with Gasteiger partial charge in [-0.1, -0.05) is 38.1 Å². The molecule has 29 heavy (non-hydrogen) atoms. The molecule has 1 aromatic heterocycles. The van der Waals surface area contributed by atoms with E-state index in [1.165, 1.54) is 18.2 Å². The van der Waals surface area contributed by atoms with E-state index in [0.717, 1.165) is 0 Å². The Hall–Kier alpha value is -3.55. The van der Waals surface area contributed by atoms with Gasteiger partial charge in [-0.05, 0) is 30.2 Å². The molecule has 1 unspecified atom stereocenters. The lowest BCUT2D eigenvalue weighted by Crippen LogP contribution is -2.47. The van der Waals surface area contributed by atoms with E-state index in [1.807, 2.05) is 0 Å². The predicted octanol–water partition coefficient (Wildman–Crippen LogP) is 2.38. The highest BCUT2D eigenvalue weighted by Crippen LogP contribution is 2.14. The quantitative estimate of drug-likeness (QED) is 0.595. The Morgan fingerprint density at radius 1 is 1.10 bits per heavy atom. The average Bonchev–Trinajstić information content (AvgIpc) is 2.68. The van der Waals surface area contributed by atoms with Gasteiger partial charge in [0.2, 0.25) is 11.8 Å². The van der Waals surface area contributed by atoms with Crippen molar-refractivity contribution in [2.45, 2.75) is 26.3 Å². The van der Waals surface area contributed by atoms with Gasteiger partial charge >= 0.3 is 0 Å². The number of fused-ring (bicyclic) bond motifs is 1. The molecular formula is C21H21FN4O3. The number of nitrogens with one attached hydrogen (secondary N) is 3. The monoisotopic (exact) mass is 396 g/mol. The van der Waals surface area contributed by atoms with Gasteiger partial charge in [0.05, 0.1) is 17.5 Å². The van der Waals surface area contributed by atoms with Crippen LogP contribution in [0.4, 0.5) is 10.1 Å². The Balaban J connectivity index is 1.74. The van der Waals surface area contributed by atoms with E-state index in [9.17, 15) is 18.8 Å². The fourth-order valence-corrected chi connectivity index (χ4v) is 3.00. The Bertz CT molecular complexity index is 1110. The van der Waals surface area contributed by atoms with E-state index in [4.69, 9.17) is 0 Å². The third kappa shape index (κ3) is 4.84. The second kappa shape index (κ2) is 8.64. The van der Waals surface area contributed by atoms with Crippen LogP contribution in [0.25, 0.3) is 10.8 Å². The highest BCUT2D eigenvalue weighted by Gasteiger charge is 2.25. The number of aromatic nitrogens is 2. The molecule has 8 heteroatoms. The van der Waals surface area contributed by atoms with E-state index < -0.39 is 23.7 Å². The molecule has 0 spiro atoms. The van der Waals surface area contributed by atoms with Crippen molar-refractivity contribution in [2.75, 3.05) is 5.32 Å². The number of carbonyl (C=O) groups is 2. The summed E-state index contributed by atoms with van der Waals surface area (Å²) in [6.07, 6.45) is -0.103. The summed E-state index contributed by atoms with van der Waals surface area (Å²) in [6, 6.07) is 11.6. The van der Waals surface area contributed by atoms with Gasteiger partial charge in [-0.3, -0.25) is 14.4 Å². The summed E-state index contributed by atoms with van der Waals surface area (Å²) < 4.78 is 13.3. The van der Waals surface area contributed by atoms with E-state index in [0.29, 0.717) is 22.2 Å². The number of hydrogen-bond donors (Lipinski definition) is 3. The first-order chi connectivity index (χ1) is 13.8. The number of H-pyrrole nitrogens is 1. The summed E-state index contributed by atoms with van der Waals surface area (Å²) in [6.45, 7) is 3.59. The van der Waals surface area contributed by atoms with Crippen LogP contribution in [0.3, 0.4) is 0 Å². The minimum Gasteiger partial charge on any atom is -0.344 e. The number of carbonyl (C=O) groups excluding carboxylic acids is 2. The van der Waals surface area contributed by atoms with Crippen molar-refractivity contribution < 1.29 is 14.0 Å². The summed E-state index contributed by atoms with van der Waals surface area (Å²) in [7, 11) is 0. The maximum atomic E-state index is 13.3. The molecule has 0 radical (unpaired) electrons. The van der Waals surface area contributed by atoms with Crippen LogP contribution in [0, 0.1) is 11.7 Å². The maximum absolute atomic E-state index is 13.3. The minimum absolute atomic E-state index is 0.103. The Morgan fingerprint density at radius 3 is 2.52 bits per heavy atom. The largest absolute Gasteiger partial charge is 0.344 e. The SMILES string of the molecule is CC(C)C(NC(=O)Cc1n[nH]c(=O)c2ccccc12)C(=O)Nc1cccc(F)c1. The number of amides is 2. The van der Waals surface area contributed by atoms with Crippen LogP contribution in [-0.2, 0) is 16.0 Å². The van der Waals surface area contributed by atoms with Gasteiger partial charge < -0.3 is 10.6 Å². The Kier molecular flexibility index (Phi) is 6.01. The summed E-state index contributed by atoms with van der Waals surface area (Å²) in [5, 5.41) is 12.7. The van der Waals surface area contributed by atoms with Crippen LogP contribution >= 0.6 is 0 Å². The summed E-state index contributed by atoms with van der Waals surface area (Å²) in [5.74, 6) is -1.53. The Morgan fingerprint density at radius 2 is 1.83 bits per heavy atom. The topological polar surface area (TPSA) is 104 Å². The molecule has 7 nitrogen and oxygen atoms in total. The second-order valence-corrected chi connectivity index (χ2v) is 7.01. The summed E-state index contributed by atoms with van der Waals surface area (Å²) >= 11 is 0. The van der Waals surface area contributed by atoms with Crippen molar-refractivity contribution in [3.8, 4) is 0 Å². The van der Waals surface area contributed by atoms with Gasteiger partial charge in [0.1, 0.15) is 11.9 Å². The molecule has 0 aliphatic rings. The molecule has 3 rings (SSSR count). The smallest absolute Gasteiger partial charge is 0.272 e. The maximum Gasteiger partial charge on any atom is 0.272 e. The molecule has 2 aromatic carbocycles. The van der Waals surface area contributed by atoms with Crippen LogP contribution in [-0.4, -0.2) is 28.1 Å². The number of aromatic amines is 1. The van der Waals surface area contributed by atoms with E-state index in [-0.39, 0.29) is 17.9 Å². The van der Waals surface area contributed by atoms with Crippen LogP contribution in [0.15, 0.2) is 53.3 Å². The number of anilines is 1. The first kappa shape index (κ1) is 20.2. The standard InChI is InChI=1S/C21H21FN4O3/c1-12(2)19(21(29)23-14-7-5-6-13(22)10-14)24-18(27)11-17-15-8-3-4-9-16(15)20(28)26-25-17/h3-10,12,19H,11H2,1-2H3,(H,23,29)(H,24,27)(H,26,28). The summed E-state index contributed by atoms with van der Waals surface area (Å²) in [5.41, 5.74) is 0.383. The van der Waals surface area contributed by atoms with E-state index in [1.54, 1.807) is 44.2 Å². The number of nitrogens with zero attached hydrogens (tertiary/aromatic N) is 1. The molecule has 2 amide bonds. The third-order valence-electron chi connectivity index (χ3n) is 4.46. The summed E-state index contributed by atoms with van der Waals surface area (Å²) in [4.78, 5) is 37.1. The van der Waals surface area contributed by atoms with Crippen molar-refractivity contribution in [3.63, 3.8) is 0 Å². The zero-order valence-electron chi connectivity index (χ0n) is 16.0. The first-order valence-electron chi connectivity index (χ1n) is 9.17. The number of halogens is 1. The zero-order valence-corrected chi connectivity index (χ0v) is 16.0. The van der Waals surface area contributed by atoms with Crippen molar-refractivity contribution in [1.29, 1.82) is 0 Å². The van der Waals surface area contributed by atoms with Crippen molar-refractivity contribution >= 4 is 28.3 Å². The zero-order chi connectivity index (χ0) is 21.0. The molecule has 0 aliphatic heterocycles. The number of benzene rings is 2. The molecule has 3 aromatic rings. The molecule has 1 heterocycles. The normalized spacial score (nSPS) is 12.0. The van der Waals surface area contributed by atoms with Gasteiger partial charge in [-0.15, -0.1) is 0 Å². The van der Waals surface area contributed by atoms with Crippen LogP contribution < -0.4 is 16.2 Å². The fourth-order valence-electron chi connectivity index (χ4n) is 3.00. The van der Waals surface area contributed by atoms with Gasteiger partial charge in [0.15, 0.2) is 0 Å². The van der Waals surface area contributed by atoms with Crippen LogP contribution in [0.5, 0.6) is 0 Å². The molecule has 0 saturated heterocycles. The van der Waals surface area contributed by atoms with Crippen molar-refractivity contribution in [1.82, 2.24) is 15.5 Å². The van der Waals surface area contributed by atoms with Gasteiger partial charge in [0, 0.05) is 11.1 Å². The molecular weight excluding hydrogens is 375 g/mol. The van der Waals surface area contributed by atoms with Crippen molar-refractivity contribution in [3.05, 3.63) is 70.4 Å². The lowest BCUT2D eigenvalue weighted by molar-refractivity contribution is -0.127. The van der Waals surface area contributed by atoms with Gasteiger partial charge in [-0.2, -0.15) is 5.10 Å². The minimum atomic E-state index is -0.820. The average molecular weight is 396 g/mol. The fraction of sp³-hybridized carbons (Fsp3) is 0.238. The highest BCUT2D eigenvalue weighted by molar-refractivity contribution is 5.98. The van der Waals surface area contributed by atoms with Gasteiger partial charge in [-0.25, -0.2) is 9.49 Å². The highest BCUT2D eigenvalue weighted by atomic mass is 19.1. The molecule has 3 N–H and O–H groups in total. The van der Waals surface area contributed by atoms with Crippen LogP contribution in [0.2, 0.25) is 0 Å².